The molecule has 0 aromatic heterocycles. The van der Waals surface area contributed by atoms with E-state index < -0.39 is 21.7 Å². The summed E-state index contributed by atoms with van der Waals surface area (Å²) in [6.45, 7) is 0.307. The fraction of sp³-hybridized carbons (Fsp3) is 0.176. The van der Waals surface area contributed by atoms with Crippen molar-refractivity contribution >= 4 is 46.4 Å². The Labute approximate surface area is 174 Å². The van der Waals surface area contributed by atoms with Gasteiger partial charge in [0, 0.05) is 37.4 Å². The average Bonchev–Trinajstić information content (AvgIpc) is 2.67. The van der Waals surface area contributed by atoms with Crippen molar-refractivity contribution in [1.82, 2.24) is 10.6 Å². The highest BCUT2D eigenvalue weighted by Gasteiger charge is 2.17. The van der Waals surface area contributed by atoms with Gasteiger partial charge in [-0.05, 0) is 18.6 Å². The Kier molecular flexibility index (Phi) is 7.46. The maximum atomic E-state index is 12.1. The van der Waals surface area contributed by atoms with Gasteiger partial charge in [-0.15, -0.1) is 0 Å². The molecule has 0 bridgehead atoms. The molecule has 12 heteroatoms. The molecule has 2 aromatic carbocycles. The fourth-order valence-electron chi connectivity index (χ4n) is 2.28. The summed E-state index contributed by atoms with van der Waals surface area (Å²) < 4.78 is 0. The van der Waals surface area contributed by atoms with Crippen LogP contribution in [-0.4, -0.2) is 34.8 Å². The van der Waals surface area contributed by atoms with Gasteiger partial charge in [0.15, 0.2) is 0 Å². The maximum absolute atomic E-state index is 12.1. The Morgan fingerprint density at radius 2 is 1.17 bits per heavy atom. The first-order chi connectivity index (χ1) is 13.7. The van der Waals surface area contributed by atoms with Crippen LogP contribution in [0.1, 0.15) is 27.1 Å². The van der Waals surface area contributed by atoms with Gasteiger partial charge in [0.05, 0.1) is 31.0 Å². The topological polar surface area (TPSA) is 144 Å². The zero-order chi connectivity index (χ0) is 21.6. The van der Waals surface area contributed by atoms with Crippen molar-refractivity contribution in [3.05, 3.63) is 77.8 Å². The lowest BCUT2D eigenvalue weighted by atomic mass is 10.2. The van der Waals surface area contributed by atoms with Crippen molar-refractivity contribution in [3.63, 3.8) is 0 Å². The number of rotatable bonds is 8. The number of benzene rings is 2. The van der Waals surface area contributed by atoms with E-state index in [-0.39, 0.29) is 45.6 Å². The van der Waals surface area contributed by atoms with E-state index in [1.165, 1.54) is 24.3 Å². The number of nitrogens with one attached hydrogen (secondary N) is 2. The predicted molar refractivity (Wildman–Crippen MR) is 105 cm³/mol. The molecule has 0 spiro atoms. The van der Waals surface area contributed by atoms with Gasteiger partial charge in [0.25, 0.3) is 23.2 Å². The van der Waals surface area contributed by atoms with Crippen LogP contribution in [0.5, 0.6) is 0 Å². The van der Waals surface area contributed by atoms with Crippen LogP contribution in [0.25, 0.3) is 0 Å². The third-order valence-corrected chi connectivity index (χ3v) is 4.39. The van der Waals surface area contributed by atoms with Crippen molar-refractivity contribution in [1.29, 1.82) is 0 Å². The number of hydrogen-bond donors (Lipinski definition) is 2. The number of hydrogen-bond acceptors (Lipinski definition) is 6. The maximum Gasteiger partial charge on any atom is 0.270 e. The second-order valence-electron chi connectivity index (χ2n) is 5.71. The Bertz CT molecular complexity index is 905. The summed E-state index contributed by atoms with van der Waals surface area (Å²) in [7, 11) is 0. The van der Waals surface area contributed by atoms with Crippen LogP contribution >= 0.6 is 23.2 Å². The molecule has 0 radical (unpaired) electrons. The highest BCUT2D eigenvalue weighted by molar-refractivity contribution is 6.34. The molecule has 152 valence electrons. The summed E-state index contributed by atoms with van der Waals surface area (Å²) in [5.41, 5.74) is -0.595. The van der Waals surface area contributed by atoms with Crippen LogP contribution in [0.3, 0.4) is 0 Å². The molecule has 10 nitrogen and oxygen atoms in total. The van der Waals surface area contributed by atoms with Crippen molar-refractivity contribution in [2.24, 2.45) is 0 Å². The largest absolute Gasteiger partial charge is 0.352 e. The Morgan fingerprint density at radius 1 is 0.793 bits per heavy atom. The average molecular weight is 441 g/mol. The van der Waals surface area contributed by atoms with E-state index in [1.54, 1.807) is 0 Å². The smallest absolute Gasteiger partial charge is 0.270 e. The van der Waals surface area contributed by atoms with E-state index in [1.807, 2.05) is 0 Å². The van der Waals surface area contributed by atoms with E-state index >= 15 is 0 Å². The lowest BCUT2D eigenvalue weighted by Gasteiger charge is -2.09. The minimum absolute atomic E-state index is 0.0340. The second kappa shape index (κ2) is 9.80. The normalized spacial score (nSPS) is 10.3. The van der Waals surface area contributed by atoms with Crippen molar-refractivity contribution < 1.29 is 19.4 Å². The second-order valence-corrected chi connectivity index (χ2v) is 6.52. The predicted octanol–water partition coefficient (Wildman–Crippen LogP) is 3.36. The molecule has 0 saturated heterocycles. The number of halogens is 2. The summed E-state index contributed by atoms with van der Waals surface area (Å²) in [6.07, 6.45) is 0.330. The first kappa shape index (κ1) is 22.1. The summed E-state index contributed by atoms with van der Waals surface area (Å²) in [4.78, 5) is 44.5. The summed E-state index contributed by atoms with van der Waals surface area (Å²) in [5.74, 6) is -1.18. The molecular formula is C17H14Cl2N4O6. The highest BCUT2D eigenvalue weighted by Crippen LogP contribution is 2.23. The monoisotopic (exact) mass is 440 g/mol. The van der Waals surface area contributed by atoms with Crippen LogP contribution in [0.4, 0.5) is 11.4 Å². The molecule has 2 amide bonds. The van der Waals surface area contributed by atoms with Crippen LogP contribution in [0.2, 0.25) is 10.0 Å². The molecule has 0 atom stereocenters. The zero-order valence-corrected chi connectivity index (χ0v) is 16.2. The minimum atomic E-state index is -0.637. The van der Waals surface area contributed by atoms with Gasteiger partial charge in [0.1, 0.15) is 0 Å². The number of nitro benzene ring substituents is 2. The molecule has 0 fully saturated rings. The van der Waals surface area contributed by atoms with Gasteiger partial charge in [-0.2, -0.15) is 0 Å². The summed E-state index contributed by atoms with van der Waals surface area (Å²) in [5, 5.41) is 26.8. The molecule has 0 aliphatic heterocycles. The van der Waals surface area contributed by atoms with Gasteiger partial charge in [-0.1, -0.05) is 23.2 Å². The number of carbonyl (C=O) groups is 2. The SMILES string of the molecule is O=C(NCCCNC(=O)c1cc([N+](=O)[O-])ccc1Cl)c1cc([N+](=O)[O-])ccc1Cl. The van der Waals surface area contributed by atoms with Crippen molar-refractivity contribution in [2.45, 2.75) is 6.42 Å². The van der Waals surface area contributed by atoms with Crippen LogP contribution < -0.4 is 10.6 Å². The fourth-order valence-corrected chi connectivity index (χ4v) is 2.69. The van der Waals surface area contributed by atoms with Gasteiger partial charge < -0.3 is 10.6 Å². The van der Waals surface area contributed by atoms with Crippen molar-refractivity contribution in [2.75, 3.05) is 13.1 Å². The molecule has 2 N–H and O–H groups in total. The van der Waals surface area contributed by atoms with E-state index in [0.29, 0.717) is 6.42 Å². The third-order valence-electron chi connectivity index (χ3n) is 3.74. The molecule has 29 heavy (non-hydrogen) atoms. The lowest BCUT2D eigenvalue weighted by molar-refractivity contribution is -0.385. The molecule has 0 aliphatic carbocycles. The van der Waals surface area contributed by atoms with Gasteiger partial charge >= 0.3 is 0 Å². The Hall–Kier alpha value is -3.24. The Morgan fingerprint density at radius 3 is 1.52 bits per heavy atom. The molecule has 0 heterocycles. The van der Waals surface area contributed by atoms with Gasteiger partial charge in [0.2, 0.25) is 0 Å². The number of carbonyl (C=O) groups excluding carboxylic acids is 2. The minimum Gasteiger partial charge on any atom is -0.352 e. The molecule has 0 unspecified atom stereocenters. The van der Waals surface area contributed by atoms with E-state index in [0.717, 1.165) is 12.1 Å². The van der Waals surface area contributed by atoms with E-state index in [4.69, 9.17) is 23.2 Å². The van der Waals surface area contributed by atoms with Crippen molar-refractivity contribution in [3.8, 4) is 0 Å². The number of amides is 2. The molecule has 2 rings (SSSR count). The molecule has 0 saturated carbocycles. The number of non-ortho nitro benzene ring substituents is 2. The summed E-state index contributed by atoms with van der Waals surface area (Å²) >= 11 is 11.8. The van der Waals surface area contributed by atoms with Crippen LogP contribution in [-0.2, 0) is 0 Å². The quantitative estimate of drug-likeness (QED) is 0.365. The number of nitrogens with zero attached hydrogens (tertiary/aromatic N) is 2. The van der Waals surface area contributed by atoms with Crippen LogP contribution in [0, 0.1) is 20.2 Å². The number of nitro groups is 2. The first-order valence-electron chi connectivity index (χ1n) is 8.15. The van der Waals surface area contributed by atoms with E-state index in [9.17, 15) is 29.8 Å². The highest BCUT2D eigenvalue weighted by atomic mass is 35.5. The standard InChI is InChI=1S/C17H14Cl2N4O6/c18-14-4-2-10(22(26)27)8-12(14)16(24)20-6-1-7-21-17(25)13-9-11(23(28)29)3-5-15(13)19/h2-5,8-9H,1,6-7H2,(H,20,24)(H,21,25). The first-order valence-corrected chi connectivity index (χ1v) is 8.90. The van der Waals surface area contributed by atoms with E-state index in [2.05, 4.69) is 10.6 Å². The molecule has 0 aliphatic rings. The Balaban J connectivity index is 1.86. The molecule has 2 aromatic rings. The van der Waals surface area contributed by atoms with Gasteiger partial charge in [-0.25, -0.2) is 0 Å². The summed E-state index contributed by atoms with van der Waals surface area (Å²) in [6, 6.07) is 7.05. The lowest BCUT2D eigenvalue weighted by Crippen LogP contribution is -2.30. The molecular weight excluding hydrogens is 427 g/mol. The third kappa shape index (κ3) is 5.87. The van der Waals surface area contributed by atoms with Crippen LogP contribution in [0.15, 0.2) is 36.4 Å². The van der Waals surface area contributed by atoms with Gasteiger partial charge in [-0.3, -0.25) is 29.8 Å². The zero-order valence-electron chi connectivity index (χ0n) is 14.7.